The van der Waals surface area contributed by atoms with Crippen molar-refractivity contribution in [2.45, 2.75) is 4.34 Å². The summed E-state index contributed by atoms with van der Waals surface area (Å²) in [5.74, 6) is 0.229. The predicted molar refractivity (Wildman–Crippen MR) is 114 cm³/mol. The molecule has 0 saturated heterocycles. The summed E-state index contributed by atoms with van der Waals surface area (Å²) in [5, 5.41) is 7.45. The lowest BCUT2D eigenvalue weighted by Gasteiger charge is -2.00. The van der Waals surface area contributed by atoms with Crippen LogP contribution in [0.25, 0.3) is 22.5 Å². The minimum Gasteiger partial charge on any atom is -0.301 e. The molecular formula is C20H15N3OS3. The molecule has 0 spiro atoms. The molecule has 0 saturated carbocycles. The number of amides is 1. The molecular weight excluding hydrogens is 394 g/mol. The summed E-state index contributed by atoms with van der Waals surface area (Å²) in [7, 11) is 0. The third-order valence-electron chi connectivity index (χ3n) is 3.70. The molecule has 0 radical (unpaired) electrons. The highest BCUT2D eigenvalue weighted by Gasteiger charge is 2.10. The SMILES string of the molecule is O=C(CSc1nc(-c2ccccc2)cs1)Nc1nc(-c2ccccc2)cs1. The Hall–Kier alpha value is -2.48. The van der Waals surface area contributed by atoms with Crippen molar-refractivity contribution in [3.63, 3.8) is 0 Å². The first-order chi connectivity index (χ1) is 13.3. The van der Waals surface area contributed by atoms with Gasteiger partial charge in [-0.1, -0.05) is 72.4 Å². The van der Waals surface area contributed by atoms with Crippen LogP contribution in [0.2, 0.25) is 0 Å². The molecule has 0 unspecified atom stereocenters. The monoisotopic (exact) mass is 409 g/mol. The summed E-state index contributed by atoms with van der Waals surface area (Å²) in [6.45, 7) is 0. The van der Waals surface area contributed by atoms with Crippen LogP contribution in [0.3, 0.4) is 0 Å². The number of nitrogens with zero attached hydrogens (tertiary/aromatic N) is 2. The third kappa shape index (κ3) is 4.63. The molecule has 4 aromatic rings. The number of hydrogen-bond acceptors (Lipinski definition) is 6. The van der Waals surface area contributed by atoms with Gasteiger partial charge in [-0.15, -0.1) is 22.7 Å². The molecule has 7 heteroatoms. The fraction of sp³-hybridized carbons (Fsp3) is 0.0500. The first kappa shape index (κ1) is 17.9. The van der Waals surface area contributed by atoms with Crippen molar-refractivity contribution < 1.29 is 4.79 Å². The minimum absolute atomic E-state index is 0.0783. The molecule has 2 aromatic carbocycles. The maximum Gasteiger partial charge on any atom is 0.236 e. The summed E-state index contributed by atoms with van der Waals surface area (Å²) < 4.78 is 0.883. The van der Waals surface area contributed by atoms with Gasteiger partial charge in [0, 0.05) is 21.9 Å². The van der Waals surface area contributed by atoms with E-state index in [2.05, 4.69) is 15.3 Å². The first-order valence-electron chi connectivity index (χ1n) is 8.22. The molecule has 2 aromatic heterocycles. The van der Waals surface area contributed by atoms with Crippen LogP contribution >= 0.6 is 34.4 Å². The quantitative estimate of drug-likeness (QED) is 0.417. The van der Waals surface area contributed by atoms with Crippen molar-refractivity contribution in [1.29, 1.82) is 0 Å². The second-order valence-electron chi connectivity index (χ2n) is 5.61. The van der Waals surface area contributed by atoms with E-state index in [4.69, 9.17) is 0 Å². The van der Waals surface area contributed by atoms with Gasteiger partial charge < -0.3 is 5.32 Å². The van der Waals surface area contributed by atoms with Crippen LogP contribution < -0.4 is 5.32 Å². The third-order valence-corrected chi connectivity index (χ3v) is 6.48. The van der Waals surface area contributed by atoms with Crippen LogP contribution in [-0.4, -0.2) is 21.6 Å². The van der Waals surface area contributed by atoms with Crippen molar-refractivity contribution in [2.24, 2.45) is 0 Å². The number of carbonyl (C=O) groups is 1. The predicted octanol–water partition coefficient (Wildman–Crippen LogP) is 5.66. The molecule has 0 bridgehead atoms. The van der Waals surface area contributed by atoms with E-state index in [1.807, 2.05) is 71.4 Å². The van der Waals surface area contributed by atoms with Gasteiger partial charge in [-0.05, 0) is 0 Å². The summed E-state index contributed by atoms with van der Waals surface area (Å²) in [4.78, 5) is 21.3. The molecule has 1 N–H and O–H groups in total. The maximum atomic E-state index is 12.2. The van der Waals surface area contributed by atoms with Crippen molar-refractivity contribution >= 4 is 45.5 Å². The highest BCUT2D eigenvalue weighted by Crippen LogP contribution is 2.29. The van der Waals surface area contributed by atoms with Gasteiger partial charge in [-0.25, -0.2) is 9.97 Å². The van der Waals surface area contributed by atoms with Crippen LogP contribution in [0.15, 0.2) is 75.8 Å². The molecule has 0 atom stereocenters. The minimum atomic E-state index is -0.0783. The Morgan fingerprint density at radius 3 is 2.11 bits per heavy atom. The molecule has 0 aliphatic carbocycles. The molecule has 0 aliphatic heterocycles. The molecule has 134 valence electrons. The molecule has 0 fully saturated rings. The van der Waals surface area contributed by atoms with Crippen LogP contribution in [0, 0.1) is 0 Å². The maximum absolute atomic E-state index is 12.2. The normalized spacial score (nSPS) is 10.7. The van der Waals surface area contributed by atoms with Crippen molar-refractivity contribution in [2.75, 3.05) is 11.1 Å². The average molecular weight is 410 g/mol. The van der Waals surface area contributed by atoms with E-state index < -0.39 is 0 Å². The van der Waals surface area contributed by atoms with Crippen molar-refractivity contribution in [1.82, 2.24) is 9.97 Å². The molecule has 4 rings (SSSR count). The fourth-order valence-corrected chi connectivity index (χ4v) is 4.79. The zero-order valence-electron chi connectivity index (χ0n) is 14.2. The smallest absolute Gasteiger partial charge is 0.236 e. The lowest BCUT2D eigenvalue weighted by atomic mass is 10.2. The van der Waals surface area contributed by atoms with E-state index in [-0.39, 0.29) is 5.91 Å². The summed E-state index contributed by atoms with van der Waals surface area (Å²) >= 11 is 4.42. The highest BCUT2D eigenvalue weighted by molar-refractivity contribution is 8.01. The molecule has 1 amide bonds. The Balaban J connectivity index is 1.33. The Morgan fingerprint density at radius 1 is 0.852 bits per heavy atom. The number of carbonyl (C=O) groups excluding carboxylic acids is 1. The van der Waals surface area contributed by atoms with Crippen LogP contribution in [0.4, 0.5) is 5.13 Å². The van der Waals surface area contributed by atoms with Gasteiger partial charge in [0.1, 0.15) is 0 Å². The van der Waals surface area contributed by atoms with Gasteiger partial charge in [-0.3, -0.25) is 4.79 Å². The van der Waals surface area contributed by atoms with E-state index in [9.17, 15) is 4.79 Å². The number of thiazole rings is 2. The van der Waals surface area contributed by atoms with Crippen LogP contribution in [0.1, 0.15) is 0 Å². The fourth-order valence-electron chi connectivity index (χ4n) is 2.42. The summed E-state index contributed by atoms with van der Waals surface area (Å²) in [6, 6.07) is 20.0. The van der Waals surface area contributed by atoms with E-state index >= 15 is 0 Å². The van der Waals surface area contributed by atoms with E-state index in [0.717, 1.165) is 26.9 Å². The molecule has 4 nitrogen and oxygen atoms in total. The Kier molecular flexibility index (Phi) is 5.62. The lowest BCUT2D eigenvalue weighted by Crippen LogP contribution is -2.13. The van der Waals surface area contributed by atoms with Gasteiger partial charge in [0.15, 0.2) is 9.47 Å². The first-order valence-corrected chi connectivity index (χ1v) is 11.0. The Morgan fingerprint density at radius 2 is 1.44 bits per heavy atom. The summed E-state index contributed by atoms with van der Waals surface area (Å²) in [5.41, 5.74) is 3.94. The lowest BCUT2D eigenvalue weighted by molar-refractivity contribution is -0.113. The standard InChI is InChI=1S/C20H15N3OS3/c24-18(23-19-21-16(11-25-19)14-7-3-1-4-8-14)13-27-20-22-17(12-26-20)15-9-5-2-6-10-15/h1-12H,13H2,(H,21,23,24). The summed E-state index contributed by atoms with van der Waals surface area (Å²) in [6.07, 6.45) is 0. The van der Waals surface area contributed by atoms with Gasteiger partial charge >= 0.3 is 0 Å². The second kappa shape index (κ2) is 8.47. The van der Waals surface area contributed by atoms with Gasteiger partial charge in [-0.2, -0.15) is 0 Å². The highest BCUT2D eigenvalue weighted by atomic mass is 32.2. The second-order valence-corrected chi connectivity index (χ2v) is 8.54. The van der Waals surface area contributed by atoms with Crippen LogP contribution in [0.5, 0.6) is 0 Å². The largest absolute Gasteiger partial charge is 0.301 e. The number of hydrogen-bond donors (Lipinski definition) is 1. The van der Waals surface area contributed by atoms with Gasteiger partial charge in [0.05, 0.1) is 17.1 Å². The number of nitrogens with one attached hydrogen (secondary N) is 1. The number of thioether (sulfide) groups is 1. The van der Waals surface area contributed by atoms with Crippen LogP contribution in [-0.2, 0) is 4.79 Å². The van der Waals surface area contributed by atoms with E-state index in [1.165, 1.54) is 23.1 Å². The van der Waals surface area contributed by atoms with Crippen molar-refractivity contribution in [3.8, 4) is 22.5 Å². The van der Waals surface area contributed by atoms with E-state index in [1.54, 1.807) is 11.3 Å². The number of aromatic nitrogens is 2. The van der Waals surface area contributed by atoms with Gasteiger partial charge in [0.2, 0.25) is 5.91 Å². The average Bonchev–Trinajstić information content (AvgIpc) is 3.37. The number of rotatable bonds is 6. The molecule has 0 aliphatic rings. The zero-order valence-corrected chi connectivity index (χ0v) is 16.6. The Bertz CT molecular complexity index is 1030. The van der Waals surface area contributed by atoms with E-state index in [0.29, 0.717) is 10.9 Å². The molecule has 27 heavy (non-hydrogen) atoms. The molecule has 2 heterocycles. The van der Waals surface area contributed by atoms with Gasteiger partial charge in [0.25, 0.3) is 0 Å². The van der Waals surface area contributed by atoms with Crippen molar-refractivity contribution in [3.05, 3.63) is 71.4 Å². The zero-order chi connectivity index (χ0) is 18.5. The number of anilines is 1. The topological polar surface area (TPSA) is 54.9 Å². The Labute approximate surface area is 169 Å². The number of benzene rings is 2.